The van der Waals surface area contributed by atoms with Gasteiger partial charge >= 0.3 is 11.9 Å². The van der Waals surface area contributed by atoms with Crippen LogP contribution in [0.3, 0.4) is 0 Å². The van der Waals surface area contributed by atoms with Gasteiger partial charge in [0.25, 0.3) is 0 Å². The number of unbranched alkanes of at least 4 members (excludes halogenated alkanes) is 1. The summed E-state index contributed by atoms with van der Waals surface area (Å²) in [7, 11) is 0. The van der Waals surface area contributed by atoms with Gasteiger partial charge in [-0.05, 0) is 51.6 Å². The van der Waals surface area contributed by atoms with E-state index in [1.165, 1.54) is 13.8 Å². The van der Waals surface area contributed by atoms with Crippen molar-refractivity contribution in [3.63, 3.8) is 0 Å². The molecule has 0 bridgehead atoms. The lowest BCUT2D eigenvalue weighted by Crippen LogP contribution is -2.59. The number of carbonyl (C=O) groups is 5. The Labute approximate surface area is 210 Å². The molecule has 3 atom stereocenters. The minimum absolute atomic E-state index is 0.0372. The number of hydrogen-bond donors (Lipinski definition) is 7. The molecule has 1 aromatic rings. The van der Waals surface area contributed by atoms with Gasteiger partial charge < -0.3 is 37.6 Å². The Morgan fingerprint density at radius 2 is 1.44 bits per heavy atom. The number of rotatable bonds is 16. The van der Waals surface area contributed by atoms with Gasteiger partial charge in [-0.25, -0.2) is 4.79 Å². The van der Waals surface area contributed by atoms with Gasteiger partial charge in [-0.1, -0.05) is 30.3 Å². The maximum Gasteiger partial charge on any atom is 0.326 e. The van der Waals surface area contributed by atoms with Crippen molar-refractivity contribution in [3.05, 3.63) is 35.9 Å². The normalized spacial score (nSPS) is 13.7. The van der Waals surface area contributed by atoms with E-state index >= 15 is 0 Å². The molecule has 12 nitrogen and oxygen atoms in total. The Kier molecular flexibility index (Phi) is 12.5. The van der Waals surface area contributed by atoms with Crippen molar-refractivity contribution in [3.8, 4) is 0 Å². The van der Waals surface area contributed by atoms with Crippen LogP contribution in [0.15, 0.2) is 30.3 Å². The van der Waals surface area contributed by atoms with Crippen LogP contribution >= 0.6 is 0 Å². The van der Waals surface area contributed by atoms with Gasteiger partial charge in [-0.2, -0.15) is 0 Å². The molecule has 0 aliphatic heterocycles. The van der Waals surface area contributed by atoms with Gasteiger partial charge in [0, 0.05) is 12.8 Å². The monoisotopic (exact) mass is 507 g/mol. The van der Waals surface area contributed by atoms with E-state index in [1.807, 2.05) is 0 Å². The summed E-state index contributed by atoms with van der Waals surface area (Å²) in [6, 6.07) is 5.11. The standard InChI is InChI=1S/C24H37N5O7/c1-24(2,26)23(36)29-16(11-12-19(30)31)20(32)28-18(14-15-8-4-3-5-9-15)21(33)27-17(22(34)35)10-6-7-13-25/h3-5,8-9,16-18H,6-7,10-14,25-26H2,1-2H3,(H,27,33)(H,28,32)(H,29,36)(H,30,31)(H,34,35)/t16-,17-,18-/m0/s1. The van der Waals surface area contributed by atoms with Crippen LogP contribution in [0.4, 0.5) is 0 Å². The number of aliphatic carboxylic acids is 2. The average molecular weight is 508 g/mol. The molecular weight excluding hydrogens is 470 g/mol. The molecule has 0 heterocycles. The highest BCUT2D eigenvalue weighted by molar-refractivity contribution is 5.95. The van der Waals surface area contributed by atoms with Crippen molar-refractivity contribution >= 4 is 29.7 Å². The van der Waals surface area contributed by atoms with E-state index in [2.05, 4.69) is 16.0 Å². The van der Waals surface area contributed by atoms with E-state index in [9.17, 15) is 29.1 Å². The zero-order valence-electron chi connectivity index (χ0n) is 20.7. The van der Waals surface area contributed by atoms with Crippen LogP contribution in [-0.2, 0) is 30.4 Å². The predicted molar refractivity (Wildman–Crippen MR) is 132 cm³/mol. The molecule has 0 radical (unpaired) electrons. The van der Waals surface area contributed by atoms with Crippen LogP contribution in [0.2, 0.25) is 0 Å². The van der Waals surface area contributed by atoms with Crippen molar-refractivity contribution in [1.29, 1.82) is 0 Å². The number of hydrogen-bond acceptors (Lipinski definition) is 7. The van der Waals surface area contributed by atoms with Crippen LogP contribution in [0.5, 0.6) is 0 Å². The fourth-order valence-electron chi connectivity index (χ4n) is 3.23. The Morgan fingerprint density at radius 3 is 1.97 bits per heavy atom. The summed E-state index contributed by atoms with van der Waals surface area (Å²) in [5.41, 5.74) is 10.6. The highest BCUT2D eigenvalue weighted by Crippen LogP contribution is 2.08. The SMILES string of the molecule is CC(C)(N)C(=O)N[C@@H](CCC(=O)O)C(=O)N[C@@H](Cc1ccccc1)C(=O)N[C@@H](CCCCN)C(=O)O. The van der Waals surface area contributed by atoms with E-state index < -0.39 is 59.7 Å². The lowest BCUT2D eigenvalue weighted by molar-refractivity contribution is -0.142. The quantitative estimate of drug-likeness (QED) is 0.143. The summed E-state index contributed by atoms with van der Waals surface area (Å²) in [6.45, 7) is 3.24. The molecule has 0 unspecified atom stereocenters. The number of nitrogens with one attached hydrogen (secondary N) is 3. The van der Waals surface area contributed by atoms with Crippen molar-refractivity contribution in [2.75, 3.05) is 6.54 Å². The number of carboxylic acid groups (broad SMARTS) is 2. The van der Waals surface area contributed by atoms with Gasteiger partial charge in [-0.3, -0.25) is 19.2 Å². The minimum Gasteiger partial charge on any atom is -0.481 e. The van der Waals surface area contributed by atoms with Gasteiger partial charge in [0.2, 0.25) is 17.7 Å². The van der Waals surface area contributed by atoms with Crippen molar-refractivity contribution < 1.29 is 34.2 Å². The van der Waals surface area contributed by atoms with E-state index in [0.717, 1.165) is 0 Å². The molecule has 0 saturated carbocycles. The molecular formula is C24H37N5O7. The first-order chi connectivity index (χ1) is 16.8. The van der Waals surface area contributed by atoms with Gasteiger partial charge in [0.15, 0.2) is 0 Å². The fraction of sp³-hybridized carbons (Fsp3) is 0.542. The molecule has 0 spiro atoms. The summed E-state index contributed by atoms with van der Waals surface area (Å²) >= 11 is 0. The van der Waals surface area contributed by atoms with Gasteiger partial charge in [0.05, 0.1) is 5.54 Å². The van der Waals surface area contributed by atoms with E-state index in [0.29, 0.717) is 24.9 Å². The number of nitrogens with two attached hydrogens (primary N) is 2. The fourth-order valence-corrected chi connectivity index (χ4v) is 3.23. The molecule has 200 valence electrons. The smallest absolute Gasteiger partial charge is 0.326 e. The highest BCUT2D eigenvalue weighted by Gasteiger charge is 2.32. The molecule has 0 saturated heterocycles. The molecule has 0 aliphatic rings. The molecule has 3 amide bonds. The van der Waals surface area contributed by atoms with E-state index in [4.69, 9.17) is 16.6 Å². The predicted octanol–water partition coefficient (Wildman–Crippen LogP) is -0.501. The summed E-state index contributed by atoms with van der Waals surface area (Å²) < 4.78 is 0. The minimum atomic E-state index is -1.33. The largest absolute Gasteiger partial charge is 0.481 e. The van der Waals surface area contributed by atoms with Gasteiger partial charge in [0.1, 0.15) is 18.1 Å². The van der Waals surface area contributed by atoms with Crippen molar-refractivity contribution in [1.82, 2.24) is 16.0 Å². The number of carbonyl (C=O) groups excluding carboxylic acids is 3. The molecule has 1 rings (SSSR count). The molecule has 12 heteroatoms. The zero-order chi connectivity index (χ0) is 27.3. The summed E-state index contributed by atoms with van der Waals surface area (Å²) in [5.74, 6) is -4.59. The molecule has 9 N–H and O–H groups in total. The second kappa shape index (κ2) is 14.8. The molecule has 1 aromatic carbocycles. The summed E-state index contributed by atoms with van der Waals surface area (Å²) in [6.07, 6.45) is 0.622. The zero-order valence-corrected chi connectivity index (χ0v) is 20.7. The summed E-state index contributed by atoms with van der Waals surface area (Å²) in [5, 5.41) is 26.0. The first-order valence-electron chi connectivity index (χ1n) is 11.7. The van der Waals surface area contributed by atoms with Gasteiger partial charge in [-0.15, -0.1) is 0 Å². The number of amides is 3. The topological polar surface area (TPSA) is 214 Å². The molecule has 0 fully saturated rings. The maximum absolute atomic E-state index is 13.1. The molecule has 36 heavy (non-hydrogen) atoms. The average Bonchev–Trinajstić information content (AvgIpc) is 2.80. The van der Waals surface area contributed by atoms with Crippen LogP contribution < -0.4 is 27.4 Å². The number of carboxylic acids is 2. The van der Waals surface area contributed by atoms with Crippen LogP contribution in [0.25, 0.3) is 0 Å². The third-order valence-corrected chi connectivity index (χ3v) is 5.33. The van der Waals surface area contributed by atoms with Crippen LogP contribution in [-0.4, -0.2) is 70.1 Å². The highest BCUT2D eigenvalue weighted by atomic mass is 16.4. The molecule has 0 aromatic heterocycles. The third kappa shape index (κ3) is 11.3. The Morgan fingerprint density at radius 1 is 0.861 bits per heavy atom. The summed E-state index contributed by atoms with van der Waals surface area (Å²) in [4.78, 5) is 61.3. The lowest BCUT2D eigenvalue weighted by Gasteiger charge is -2.26. The second-order valence-corrected chi connectivity index (χ2v) is 9.11. The Hall–Kier alpha value is -3.51. The van der Waals surface area contributed by atoms with Crippen molar-refractivity contribution in [2.45, 2.75) is 76.0 Å². The first kappa shape index (κ1) is 30.5. The Balaban J connectivity index is 3.12. The van der Waals surface area contributed by atoms with E-state index in [-0.39, 0.29) is 19.3 Å². The number of benzene rings is 1. The Bertz CT molecular complexity index is 902. The van der Waals surface area contributed by atoms with Crippen LogP contribution in [0, 0.1) is 0 Å². The maximum atomic E-state index is 13.1. The second-order valence-electron chi connectivity index (χ2n) is 9.11. The molecule has 0 aliphatic carbocycles. The van der Waals surface area contributed by atoms with Crippen LogP contribution in [0.1, 0.15) is 51.5 Å². The first-order valence-corrected chi connectivity index (χ1v) is 11.7. The van der Waals surface area contributed by atoms with E-state index in [1.54, 1.807) is 30.3 Å². The lowest BCUT2D eigenvalue weighted by atomic mass is 10.0. The van der Waals surface area contributed by atoms with Crippen molar-refractivity contribution in [2.24, 2.45) is 11.5 Å². The third-order valence-electron chi connectivity index (χ3n) is 5.33.